The van der Waals surface area contributed by atoms with Crippen molar-refractivity contribution in [3.63, 3.8) is 0 Å². The summed E-state index contributed by atoms with van der Waals surface area (Å²) in [6.45, 7) is -0.506. The third kappa shape index (κ3) is 3.50. The van der Waals surface area contributed by atoms with Crippen molar-refractivity contribution in [1.82, 2.24) is 0 Å². The third-order valence-electron chi connectivity index (χ3n) is 4.86. The van der Waals surface area contributed by atoms with Crippen molar-refractivity contribution in [2.24, 2.45) is 0 Å². The SMILES string of the molecule is OCC1OC(c2cc(Cc3cc4sccc4s3)ccc2O)[C@H](O)C(O)[C@@H]1O. The fourth-order valence-electron chi connectivity index (χ4n) is 3.40. The molecule has 0 radical (unpaired) electrons. The fourth-order valence-corrected chi connectivity index (χ4v) is 5.57. The van der Waals surface area contributed by atoms with Gasteiger partial charge in [0.25, 0.3) is 0 Å². The summed E-state index contributed by atoms with van der Waals surface area (Å²) in [5.74, 6) is -0.0738. The lowest BCUT2D eigenvalue weighted by Gasteiger charge is -2.40. The molecule has 1 saturated heterocycles. The number of hydrogen-bond donors (Lipinski definition) is 5. The molecule has 4 rings (SSSR count). The number of aliphatic hydroxyl groups excluding tert-OH is 4. The smallest absolute Gasteiger partial charge is 0.121 e. The first-order valence-corrected chi connectivity index (χ1v) is 10.3. The highest BCUT2D eigenvalue weighted by Crippen LogP contribution is 2.38. The van der Waals surface area contributed by atoms with E-state index in [-0.39, 0.29) is 5.75 Å². The Bertz CT molecular complexity index is 905. The summed E-state index contributed by atoms with van der Waals surface area (Å²) in [5, 5.41) is 52.0. The molecule has 2 aromatic heterocycles. The van der Waals surface area contributed by atoms with Crippen molar-refractivity contribution in [3.8, 4) is 5.75 Å². The molecular formula is C19H20O6S2. The van der Waals surface area contributed by atoms with Gasteiger partial charge in [-0.1, -0.05) is 6.07 Å². The van der Waals surface area contributed by atoms with Gasteiger partial charge < -0.3 is 30.3 Å². The molecule has 8 heteroatoms. The fraction of sp³-hybridized carbons (Fsp3) is 0.368. The van der Waals surface area contributed by atoms with E-state index in [1.807, 2.05) is 0 Å². The summed E-state index contributed by atoms with van der Waals surface area (Å²) in [7, 11) is 0. The molecular weight excluding hydrogens is 388 g/mol. The molecule has 1 aliphatic rings. The van der Waals surface area contributed by atoms with E-state index < -0.39 is 37.1 Å². The average molecular weight is 408 g/mol. The molecule has 5 atom stereocenters. The molecule has 1 aromatic carbocycles. The van der Waals surface area contributed by atoms with Gasteiger partial charge in [-0.05, 0) is 35.2 Å². The molecule has 1 aliphatic heterocycles. The van der Waals surface area contributed by atoms with Crippen LogP contribution in [0.4, 0.5) is 0 Å². The van der Waals surface area contributed by atoms with Crippen LogP contribution in [-0.4, -0.2) is 56.6 Å². The second-order valence-corrected chi connectivity index (χ2v) is 8.80. The van der Waals surface area contributed by atoms with Crippen molar-refractivity contribution >= 4 is 32.1 Å². The van der Waals surface area contributed by atoms with E-state index in [9.17, 15) is 25.5 Å². The number of phenols is 1. The summed E-state index contributed by atoms with van der Waals surface area (Å²) in [6, 6.07) is 9.30. The van der Waals surface area contributed by atoms with Crippen LogP contribution < -0.4 is 0 Å². The standard InChI is InChI=1S/C19H20O6S2/c20-8-13-16(22)17(23)18(24)19(25-13)11-6-9(1-2-12(11)21)5-10-7-15-14(27-10)3-4-26-15/h1-4,6-7,13,16-24H,5,8H2/t13?,16-,17?,18-,19?/m1/s1. The predicted molar refractivity (Wildman–Crippen MR) is 103 cm³/mol. The molecule has 0 bridgehead atoms. The van der Waals surface area contributed by atoms with Gasteiger partial charge in [0.05, 0.1) is 6.61 Å². The van der Waals surface area contributed by atoms with E-state index in [0.717, 1.165) is 5.56 Å². The molecule has 1 fully saturated rings. The van der Waals surface area contributed by atoms with E-state index in [1.54, 1.807) is 34.8 Å². The molecule has 3 heterocycles. The first-order chi connectivity index (χ1) is 13.0. The van der Waals surface area contributed by atoms with Gasteiger partial charge in [-0.15, -0.1) is 22.7 Å². The molecule has 3 aromatic rings. The quantitative estimate of drug-likeness (QED) is 0.450. The Morgan fingerprint density at radius 1 is 0.963 bits per heavy atom. The number of hydrogen-bond acceptors (Lipinski definition) is 8. The zero-order chi connectivity index (χ0) is 19.1. The predicted octanol–water partition coefficient (Wildman–Crippen LogP) is 1.77. The van der Waals surface area contributed by atoms with E-state index in [2.05, 4.69) is 17.5 Å². The Kier molecular flexibility index (Phi) is 5.21. The second-order valence-electron chi connectivity index (χ2n) is 6.68. The van der Waals surface area contributed by atoms with Crippen molar-refractivity contribution in [2.45, 2.75) is 36.9 Å². The molecule has 0 amide bonds. The largest absolute Gasteiger partial charge is 0.508 e. The number of fused-ring (bicyclic) bond motifs is 1. The van der Waals surface area contributed by atoms with Crippen LogP contribution >= 0.6 is 22.7 Å². The minimum absolute atomic E-state index is 0.0738. The maximum Gasteiger partial charge on any atom is 0.121 e. The lowest BCUT2D eigenvalue weighted by Crippen LogP contribution is -2.55. The number of aliphatic hydroxyl groups is 4. The summed E-state index contributed by atoms with van der Waals surface area (Å²) < 4.78 is 8.05. The van der Waals surface area contributed by atoms with Gasteiger partial charge in [-0.2, -0.15) is 0 Å². The average Bonchev–Trinajstić information content (AvgIpc) is 3.23. The lowest BCUT2D eigenvalue weighted by atomic mass is 9.90. The maximum atomic E-state index is 10.3. The molecule has 5 N–H and O–H groups in total. The Balaban J connectivity index is 1.62. The van der Waals surface area contributed by atoms with E-state index in [4.69, 9.17) is 4.74 Å². The Labute approximate surface area is 163 Å². The number of phenolic OH excluding ortho intramolecular Hbond substituents is 1. The van der Waals surface area contributed by atoms with Gasteiger partial charge in [0.1, 0.15) is 36.3 Å². The molecule has 0 spiro atoms. The zero-order valence-electron chi connectivity index (χ0n) is 14.2. The van der Waals surface area contributed by atoms with Crippen molar-refractivity contribution in [3.05, 3.63) is 51.7 Å². The van der Waals surface area contributed by atoms with Gasteiger partial charge in [0, 0.05) is 26.3 Å². The summed E-state index contributed by atoms with van der Waals surface area (Å²) in [4.78, 5) is 1.18. The first kappa shape index (κ1) is 18.8. The first-order valence-electron chi connectivity index (χ1n) is 8.56. The highest BCUT2D eigenvalue weighted by Gasteiger charge is 2.44. The maximum absolute atomic E-state index is 10.3. The van der Waals surface area contributed by atoms with Crippen LogP contribution in [0.3, 0.4) is 0 Å². The van der Waals surface area contributed by atoms with Crippen LogP contribution in [0, 0.1) is 0 Å². The molecule has 27 heavy (non-hydrogen) atoms. The lowest BCUT2D eigenvalue weighted by molar-refractivity contribution is -0.232. The zero-order valence-corrected chi connectivity index (χ0v) is 15.9. The highest BCUT2D eigenvalue weighted by molar-refractivity contribution is 7.26. The van der Waals surface area contributed by atoms with E-state index in [0.29, 0.717) is 12.0 Å². The van der Waals surface area contributed by atoms with Gasteiger partial charge >= 0.3 is 0 Å². The Morgan fingerprint density at radius 3 is 2.52 bits per heavy atom. The molecule has 144 valence electrons. The van der Waals surface area contributed by atoms with Crippen LogP contribution in [0.5, 0.6) is 5.75 Å². The van der Waals surface area contributed by atoms with Crippen LogP contribution in [-0.2, 0) is 11.2 Å². The summed E-state index contributed by atoms with van der Waals surface area (Å²) >= 11 is 3.40. The van der Waals surface area contributed by atoms with Crippen LogP contribution in [0.15, 0.2) is 35.7 Å². The Morgan fingerprint density at radius 2 is 1.78 bits per heavy atom. The third-order valence-corrected chi connectivity index (χ3v) is 6.95. The van der Waals surface area contributed by atoms with E-state index in [1.165, 1.54) is 20.3 Å². The second kappa shape index (κ2) is 7.48. The summed E-state index contributed by atoms with van der Waals surface area (Å²) in [6.07, 6.45) is -5.72. The number of ether oxygens (including phenoxy) is 1. The van der Waals surface area contributed by atoms with Gasteiger partial charge in [-0.25, -0.2) is 0 Å². The highest BCUT2D eigenvalue weighted by atomic mass is 32.1. The minimum Gasteiger partial charge on any atom is -0.508 e. The number of rotatable bonds is 4. The van der Waals surface area contributed by atoms with Crippen LogP contribution in [0.1, 0.15) is 22.1 Å². The molecule has 3 unspecified atom stereocenters. The van der Waals surface area contributed by atoms with Crippen molar-refractivity contribution in [1.29, 1.82) is 0 Å². The van der Waals surface area contributed by atoms with Gasteiger partial charge in [-0.3, -0.25) is 0 Å². The summed E-state index contributed by atoms with van der Waals surface area (Å²) in [5.41, 5.74) is 1.25. The topological polar surface area (TPSA) is 110 Å². The molecule has 0 saturated carbocycles. The van der Waals surface area contributed by atoms with E-state index >= 15 is 0 Å². The molecule has 0 aliphatic carbocycles. The normalized spacial score (nSPS) is 28.7. The number of aromatic hydroxyl groups is 1. The van der Waals surface area contributed by atoms with Gasteiger partial charge in [0.15, 0.2) is 0 Å². The number of thiophene rings is 2. The van der Waals surface area contributed by atoms with Crippen molar-refractivity contribution in [2.75, 3.05) is 6.61 Å². The number of benzene rings is 1. The monoisotopic (exact) mass is 408 g/mol. The van der Waals surface area contributed by atoms with Gasteiger partial charge in [0.2, 0.25) is 0 Å². The molecule has 6 nitrogen and oxygen atoms in total. The Hall–Kier alpha value is -1.52. The van der Waals surface area contributed by atoms with Crippen molar-refractivity contribution < 1.29 is 30.3 Å². The minimum atomic E-state index is -1.48. The van der Waals surface area contributed by atoms with Crippen LogP contribution in [0.25, 0.3) is 9.40 Å². The van der Waals surface area contributed by atoms with Crippen LogP contribution in [0.2, 0.25) is 0 Å².